The molecule has 4 rings (SSSR count). The van der Waals surface area contributed by atoms with Crippen LogP contribution in [0, 0.1) is 34.6 Å². The summed E-state index contributed by atoms with van der Waals surface area (Å²) in [6.45, 7) is 21.2. The molecule has 0 aliphatic heterocycles. The molecule has 0 aliphatic rings. The SMILES string of the molecule is CC/C=C\C(=C/CC)N(c1cccc(N(c2ccc(C)cc2)c2c(C)cc(OCCCC)cc2C)c1)c1c(C)cc(OCCCC)cc1C. The molecule has 0 radical (unpaired) electrons. The van der Waals surface area contributed by atoms with Gasteiger partial charge in [-0.2, -0.15) is 0 Å². The van der Waals surface area contributed by atoms with Crippen LogP contribution >= 0.6 is 0 Å². The average Bonchev–Trinajstić information content (AvgIpc) is 3.07. The summed E-state index contributed by atoms with van der Waals surface area (Å²) in [6.07, 6.45) is 13.1. The van der Waals surface area contributed by atoms with Crippen LogP contribution in [0.2, 0.25) is 0 Å². The molecule has 0 saturated carbocycles. The van der Waals surface area contributed by atoms with Gasteiger partial charge in [0.25, 0.3) is 0 Å². The molecule has 4 nitrogen and oxygen atoms in total. The Balaban J connectivity index is 1.92. The zero-order chi connectivity index (χ0) is 35.3. The van der Waals surface area contributed by atoms with Gasteiger partial charge in [-0.25, -0.2) is 0 Å². The Morgan fingerprint density at radius 2 is 1.12 bits per heavy atom. The van der Waals surface area contributed by atoms with E-state index in [0.717, 1.165) is 86.0 Å². The Bertz CT molecular complexity index is 1670. The van der Waals surface area contributed by atoms with Gasteiger partial charge in [0.2, 0.25) is 0 Å². The number of allylic oxidation sites excluding steroid dienone is 3. The summed E-state index contributed by atoms with van der Waals surface area (Å²) in [7, 11) is 0. The van der Waals surface area contributed by atoms with E-state index >= 15 is 0 Å². The molecule has 4 heteroatoms. The van der Waals surface area contributed by atoms with Gasteiger partial charge in [-0.3, -0.25) is 0 Å². The second-order valence-corrected chi connectivity index (χ2v) is 13.1. The first-order valence-corrected chi connectivity index (χ1v) is 18.3. The molecule has 260 valence electrons. The van der Waals surface area contributed by atoms with Crippen LogP contribution in [0.1, 0.15) is 94.0 Å². The third kappa shape index (κ3) is 9.59. The molecule has 4 aromatic rings. The van der Waals surface area contributed by atoms with Crippen LogP contribution in [-0.4, -0.2) is 13.2 Å². The predicted molar refractivity (Wildman–Crippen MR) is 212 cm³/mol. The van der Waals surface area contributed by atoms with E-state index in [1.165, 1.54) is 39.2 Å². The molecular weight excluding hydrogens is 601 g/mol. The van der Waals surface area contributed by atoms with Crippen molar-refractivity contribution < 1.29 is 9.47 Å². The lowest BCUT2D eigenvalue weighted by Gasteiger charge is -2.33. The Hall–Kier alpha value is -4.44. The maximum Gasteiger partial charge on any atom is 0.119 e. The van der Waals surface area contributed by atoms with E-state index in [2.05, 4.69) is 163 Å². The predicted octanol–water partition coefficient (Wildman–Crippen LogP) is 13.5. The van der Waals surface area contributed by atoms with Crippen molar-refractivity contribution in [2.75, 3.05) is 23.0 Å². The highest BCUT2D eigenvalue weighted by Crippen LogP contribution is 2.44. The average molecular weight is 659 g/mol. The topological polar surface area (TPSA) is 24.9 Å². The van der Waals surface area contributed by atoms with Gasteiger partial charge in [-0.1, -0.05) is 76.5 Å². The number of anilines is 5. The summed E-state index contributed by atoms with van der Waals surface area (Å²) in [5.41, 5.74) is 12.8. The van der Waals surface area contributed by atoms with Gasteiger partial charge in [0, 0.05) is 22.8 Å². The maximum atomic E-state index is 6.17. The molecule has 0 aromatic heterocycles. The van der Waals surface area contributed by atoms with Crippen LogP contribution in [-0.2, 0) is 0 Å². The van der Waals surface area contributed by atoms with Crippen LogP contribution in [0.3, 0.4) is 0 Å². The van der Waals surface area contributed by atoms with Gasteiger partial charge in [0.15, 0.2) is 0 Å². The Morgan fingerprint density at radius 3 is 1.63 bits per heavy atom. The van der Waals surface area contributed by atoms with E-state index in [1.807, 2.05) is 0 Å². The van der Waals surface area contributed by atoms with Crippen LogP contribution in [0.4, 0.5) is 28.4 Å². The zero-order valence-electron chi connectivity index (χ0n) is 31.5. The molecule has 0 heterocycles. The highest BCUT2D eigenvalue weighted by atomic mass is 16.5. The van der Waals surface area contributed by atoms with Gasteiger partial charge in [-0.05, 0) is 143 Å². The number of nitrogens with zero attached hydrogens (tertiary/aromatic N) is 2. The Kier molecular flexibility index (Phi) is 14.0. The number of hydrogen-bond acceptors (Lipinski definition) is 4. The zero-order valence-corrected chi connectivity index (χ0v) is 31.5. The fourth-order valence-corrected chi connectivity index (χ4v) is 6.33. The maximum absolute atomic E-state index is 6.17. The first-order chi connectivity index (χ1) is 23.7. The van der Waals surface area contributed by atoms with Crippen LogP contribution < -0.4 is 19.3 Å². The van der Waals surface area contributed by atoms with Crippen molar-refractivity contribution in [3.05, 3.63) is 125 Å². The smallest absolute Gasteiger partial charge is 0.119 e. The lowest BCUT2D eigenvalue weighted by molar-refractivity contribution is 0.309. The van der Waals surface area contributed by atoms with Crippen molar-refractivity contribution >= 4 is 28.4 Å². The molecule has 0 N–H and O–H groups in total. The summed E-state index contributed by atoms with van der Waals surface area (Å²) in [6, 6.07) is 26.6. The quantitative estimate of drug-likeness (QED) is 0.0832. The monoisotopic (exact) mass is 658 g/mol. The molecule has 0 saturated heterocycles. The van der Waals surface area contributed by atoms with Crippen LogP contribution in [0.25, 0.3) is 0 Å². The fourth-order valence-electron chi connectivity index (χ4n) is 6.33. The normalized spacial score (nSPS) is 11.7. The summed E-state index contributed by atoms with van der Waals surface area (Å²) >= 11 is 0. The van der Waals surface area contributed by atoms with Crippen molar-refractivity contribution in [3.63, 3.8) is 0 Å². The lowest BCUT2D eigenvalue weighted by atomic mass is 10.0. The molecule has 4 aromatic carbocycles. The Morgan fingerprint density at radius 1 is 0.592 bits per heavy atom. The molecule has 49 heavy (non-hydrogen) atoms. The van der Waals surface area contributed by atoms with E-state index in [9.17, 15) is 0 Å². The molecule has 0 aliphatic carbocycles. The first kappa shape index (κ1) is 37.4. The van der Waals surface area contributed by atoms with Crippen molar-refractivity contribution in [1.82, 2.24) is 0 Å². The van der Waals surface area contributed by atoms with E-state index < -0.39 is 0 Å². The largest absolute Gasteiger partial charge is 0.494 e. The number of rotatable bonds is 17. The minimum absolute atomic E-state index is 0.735. The highest BCUT2D eigenvalue weighted by molar-refractivity contribution is 5.84. The van der Waals surface area contributed by atoms with Gasteiger partial charge in [0.05, 0.1) is 24.6 Å². The van der Waals surface area contributed by atoms with E-state index in [0.29, 0.717) is 0 Å². The van der Waals surface area contributed by atoms with Crippen molar-refractivity contribution in [3.8, 4) is 11.5 Å². The van der Waals surface area contributed by atoms with Gasteiger partial charge in [0.1, 0.15) is 11.5 Å². The minimum Gasteiger partial charge on any atom is -0.494 e. The van der Waals surface area contributed by atoms with E-state index in [1.54, 1.807) is 0 Å². The number of unbranched alkanes of at least 4 members (excludes halogenated alkanes) is 2. The highest BCUT2D eigenvalue weighted by Gasteiger charge is 2.22. The molecule has 0 atom stereocenters. The fraction of sp³-hybridized carbons (Fsp3) is 0.378. The molecule has 0 amide bonds. The number of hydrogen-bond donors (Lipinski definition) is 0. The van der Waals surface area contributed by atoms with Gasteiger partial charge >= 0.3 is 0 Å². The van der Waals surface area contributed by atoms with Crippen molar-refractivity contribution in [1.29, 1.82) is 0 Å². The van der Waals surface area contributed by atoms with Crippen molar-refractivity contribution in [2.24, 2.45) is 0 Å². The van der Waals surface area contributed by atoms with E-state index in [-0.39, 0.29) is 0 Å². The molecule has 0 bridgehead atoms. The van der Waals surface area contributed by atoms with E-state index in [4.69, 9.17) is 9.47 Å². The molecule has 0 fully saturated rings. The summed E-state index contributed by atoms with van der Waals surface area (Å²) in [5.74, 6) is 1.87. The summed E-state index contributed by atoms with van der Waals surface area (Å²) in [5, 5.41) is 0. The number of benzene rings is 4. The third-order valence-electron chi connectivity index (χ3n) is 8.74. The van der Waals surface area contributed by atoms with Crippen molar-refractivity contribution in [2.45, 2.75) is 101 Å². The second kappa shape index (κ2) is 18.4. The summed E-state index contributed by atoms with van der Waals surface area (Å²) in [4.78, 5) is 4.83. The van der Waals surface area contributed by atoms with Crippen LogP contribution in [0.15, 0.2) is 96.7 Å². The molecule has 0 unspecified atom stereocenters. The lowest BCUT2D eigenvalue weighted by Crippen LogP contribution is -2.19. The van der Waals surface area contributed by atoms with Gasteiger partial charge in [-0.15, -0.1) is 0 Å². The second-order valence-electron chi connectivity index (χ2n) is 13.1. The third-order valence-corrected chi connectivity index (χ3v) is 8.74. The Labute approximate surface area is 297 Å². The molecular formula is C45H58N2O2. The number of aryl methyl sites for hydroxylation is 5. The van der Waals surface area contributed by atoms with Crippen LogP contribution in [0.5, 0.6) is 11.5 Å². The minimum atomic E-state index is 0.735. The number of ether oxygens (including phenoxy) is 2. The first-order valence-electron chi connectivity index (χ1n) is 18.3. The standard InChI is InChI=1S/C45H58N2O2/c1-10-14-19-38(18-13-4)46(44-34(6)28-42(29-35(44)7)48-26-15-11-2)40-20-17-21-41(32-40)47(39-24-22-33(5)23-25-39)45-36(8)30-43(31-37(45)9)49-27-16-12-3/h14,17-25,28-32H,10-13,15-16,26-27H2,1-9H3/b19-14-,38-18+. The summed E-state index contributed by atoms with van der Waals surface area (Å²) < 4.78 is 12.3. The molecule has 0 spiro atoms. The van der Waals surface area contributed by atoms with Gasteiger partial charge < -0.3 is 19.3 Å².